The van der Waals surface area contributed by atoms with E-state index in [-0.39, 0.29) is 24.1 Å². The van der Waals surface area contributed by atoms with Crippen molar-refractivity contribution < 1.29 is 19.4 Å². The monoisotopic (exact) mass is 428 g/mol. The molecule has 3 rings (SSSR count). The molecule has 0 aliphatic heterocycles. The molecule has 2 aliphatic rings. The Hall–Kier alpha value is -2.18. The van der Waals surface area contributed by atoms with Crippen LogP contribution in [-0.2, 0) is 20.9 Å². The number of amides is 1. The van der Waals surface area contributed by atoms with E-state index in [1.807, 2.05) is 0 Å². The van der Waals surface area contributed by atoms with E-state index in [1.165, 1.54) is 31.7 Å². The minimum Gasteiger partial charge on any atom is -0.478 e. The highest BCUT2D eigenvalue weighted by Crippen LogP contribution is 2.36. The first kappa shape index (κ1) is 23.5. The van der Waals surface area contributed by atoms with Crippen molar-refractivity contribution in [3.05, 3.63) is 47.0 Å². The molecule has 1 saturated carbocycles. The van der Waals surface area contributed by atoms with Crippen molar-refractivity contribution >= 4 is 11.9 Å². The third-order valence-electron chi connectivity index (χ3n) is 6.62. The van der Waals surface area contributed by atoms with E-state index in [2.05, 4.69) is 48.7 Å². The van der Waals surface area contributed by atoms with E-state index in [9.17, 15) is 14.7 Å². The van der Waals surface area contributed by atoms with Crippen LogP contribution in [-0.4, -0.2) is 41.3 Å². The number of carboxylic acids is 1. The Kier molecular flexibility index (Phi) is 8.27. The maximum Gasteiger partial charge on any atom is 0.331 e. The summed E-state index contributed by atoms with van der Waals surface area (Å²) in [6.45, 7) is 6.20. The molecule has 0 spiro atoms. The Morgan fingerprint density at radius 1 is 1.16 bits per heavy atom. The van der Waals surface area contributed by atoms with Crippen LogP contribution in [0.5, 0.6) is 0 Å². The van der Waals surface area contributed by atoms with Crippen LogP contribution in [0.15, 0.2) is 35.9 Å². The summed E-state index contributed by atoms with van der Waals surface area (Å²) >= 11 is 0. The first-order valence-corrected chi connectivity index (χ1v) is 11.6. The van der Waals surface area contributed by atoms with Gasteiger partial charge in [-0.15, -0.1) is 0 Å². The molecule has 3 atom stereocenters. The molecular weight excluding hydrogens is 392 g/mol. The molecule has 6 heteroatoms. The molecule has 6 nitrogen and oxygen atoms in total. The Labute approximate surface area is 185 Å². The molecule has 170 valence electrons. The van der Waals surface area contributed by atoms with Gasteiger partial charge in [-0.25, -0.2) is 4.79 Å². The average molecular weight is 429 g/mol. The summed E-state index contributed by atoms with van der Waals surface area (Å²) in [5.41, 5.74) is 2.88. The Morgan fingerprint density at radius 2 is 1.84 bits per heavy atom. The van der Waals surface area contributed by atoms with Gasteiger partial charge < -0.3 is 20.5 Å². The normalized spacial score (nSPS) is 23.9. The highest BCUT2D eigenvalue weighted by atomic mass is 16.5. The zero-order chi connectivity index (χ0) is 22.4. The number of aliphatic carboxylic acids is 1. The fraction of sp³-hybridized carbons (Fsp3) is 0.600. The van der Waals surface area contributed by atoms with Gasteiger partial charge in [-0.3, -0.25) is 4.79 Å². The predicted molar refractivity (Wildman–Crippen MR) is 121 cm³/mol. The number of hydrogen-bond acceptors (Lipinski definition) is 4. The van der Waals surface area contributed by atoms with Gasteiger partial charge in [0, 0.05) is 25.1 Å². The molecule has 0 unspecified atom stereocenters. The molecule has 1 amide bonds. The second kappa shape index (κ2) is 10.9. The van der Waals surface area contributed by atoms with E-state index in [4.69, 9.17) is 4.74 Å². The smallest absolute Gasteiger partial charge is 0.331 e. The number of rotatable bonds is 10. The molecule has 3 N–H and O–H groups in total. The van der Waals surface area contributed by atoms with Crippen LogP contribution in [0, 0.1) is 0 Å². The van der Waals surface area contributed by atoms with Gasteiger partial charge in [0.1, 0.15) is 0 Å². The van der Waals surface area contributed by atoms with Crippen LogP contribution in [0.2, 0.25) is 0 Å². The maximum atomic E-state index is 11.9. The quantitative estimate of drug-likeness (QED) is 0.526. The van der Waals surface area contributed by atoms with E-state index in [0.29, 0.717) is 24.5 Å². The van der Waals surface area contributed by atoms with Crippen LogP contribution < -0.4 is 10.6 Å². The van der Waals surface area contributed by atoms with Gasteiger partial charge in [0.2, 0.25) is 5.91 Å². The highest BCUT2D eigenvalue weighted by Gasteiger charge is 2.37. The van der Waals surface area contributed by atoms with Crippen LogP contribution in [0.3, 0.4) is 0 Å². The van der Waals surface area contributed by atoms with Crippen molar-refractivity contribution in [2.45, 2.75) is 96.1 Å². The lowest BCUT2D eigenvalue weighted by Gasteiger charge is -2.38. The number of benzene rings is 1. The third kappa shape index (κ3) is 6.17. The average Bonchev–Trinajstić information content (AvgIpc) is 2.71. The zero-order valence-electron chi connectivity index (χ0n) is 18.9. The molecule has 1 aromatic rings. The largest absolute Gasteiger partial charge is 0.478 e. The van der Waals surface area contributed by atoms with E-state index in [0.717, 1.165) is 18.4 Å². The first-order valence-electron chi connectivity index (χ1n) is 11.6. The lowest BCUT2D eigenvalue weighted by molar-refractivity contribution is -0.133. The lowest BCUT2D eigenvalue weighted by atomic mass is 9.80. The van der Waals surface area contributed by atoms with Crippen molar-refractivity contribution in [1.82, 2.24) is 10.6 Å². The molecule has 0 aromatic heterocycles. The molecular formula is C25H36N2O4. The third-order valence-corrected chi connectivity index (χ3v) is 6.62. The van der Waals surface area contributed by atoms with E-state index >= 15 is 0 Å². The zero-order valence-corrected chi connectivity index (χ0v) is 18.9. The number of nitrogens with one attached hydrogen (secondary N) is 2. The summed E-state index contributed by atoms with van der Waals surface area (Å²) in [5, 5.41) is 16.1. The highest BCUT2D eigenvalue weighted by molar-refractivity contribution is 5.87. The molecule has 0 bridgehead atoms. The van der Waals surface area contributed by atoms with Gasteiger partial charge in [0.25, 0.3) is 0 Å². The molecule has 0 heterocycles. The van der Waals surface area contributed by atoms with Crippen molar-refractivity contribution in [3.63, 3.8) is 0 Å². The number of carbonyl (C=O) groups excluding carboxylic acids is 1. The summed E-state index contributed by atoms with van der Waals surface area (Å²) in [5.74, 6) is -0.376. The first-order chi connectivity index (χ1) is 14.9. The van der Waals surface area contributed by atoms with Crippen molar-refractivity contribution in [2.24, 2.45) is 0 Å². The van der Waals surface area contributed by atoms with Crippen LogP contribution in [0.4, 0.5) is 0 Å². The van der Waals surface area contributed by atoms with Crippen molar-refractivity contribution in [1.29, 1.82) is 0 Å². The second-order valence-corrected chi connectivity index (χ2v) is 8.82. The maximum absolute atomic E-state index is 11.9. The van der Waals surface area contributed by atoms with Crippen LogP contribution in [0.1, 0.15) is 76.3 Å². The predicted octanol–water partition coefficient (Wildman–Crippen LogP) is 3.91. The van der Waals surface area contributed by atoms with E-state index in [1.54, 1.807) is 6.08 Å². The van der Waals surface area contributed by atoms with E-state index < -0.39 is 12.1 Å². The molecule has 0 saturated heterocycles. The minimum absolute atomic E-state index is 0.0188. The van der Waals surface area contributed by atoms with Crippen LogP contribution >= 0.6 is 0 Å². The second-order valence-electron chi connectivity index (χ2n) is 8.82. The fourth-order valence-corrected chi connectivity index (χ4v) is 4.46. The number of carbonyl (C=O) groups is 2. The Balaban J connectivity index is 1.74. The van der Waals surface area contributed by atoms with Gasteiger partial charge in [0.05, 0.1) is 18.2 Å². The summed E-state index contributed by atoms with van der Waals surface area (Å²) in [6, 6.07) is 8.14. The fourth-order valence-electron chi connectivity index (χ4n) is 4.46. The van der Waals surface area contributed by atoms with Crippen LogP contribution in [0.25, 0.3) is 0 Å². The van der Waals surface area contributed by atoms with Gasteiger partial charge in [-0.2, -0.15) is 0 Å². The molecule has 1 fully saturated rings. The summed E-state index contributed by atoms with van der Waals surface area (Å²) in [4.78, 5) is 23.7. The van der Waals surface area contributed by atoms with Crippen molar-refractivity contribution in [3.8, 4) is 0 Å². The minimum atomic E-state index is -0.934. The standard InChI is InChI=1S/C25H36N2O4/c1-4-21(5-2)31-23-14-20(25(29)30)13-22(24(23)27-16(3)28)26-15-17-9-11-19(12-10-17)18-7-6-8-18/h9-12,14,18,21-24,26H,4-8,13,15H2,1-3H3,(H,27,28)(H,29,30)/t22-,23+,24+/m0/s1. The van der Waals surface area contributed by atoms with Gasteiger partial charge in [-0.1, -0.05) is 44.5 Å². The number of carboxylic acid groups (broad SMARTS) is 1. The Morgan fingerprint density at radius 3 is 2.35 bits per heavy atom. The molecule has 0 radical (unpaired) electrons. The SMILES string of the molecule is CCC(CC)O[C@@H]1C=C(C(=O)O)C[C@H](NCc2ccc(C3CCC3)cc2)[C@H]1NC(C)=O. The molecule has 1 aromatic carbocycles. The Bertz CT molecular complexity index is 781. The summed E-state index contributed by atoms with van der Waals surface area (Å²) in [6.07, 6.45) is 7.09. The molecule has 31 heavy (non-hydrogen) atoms. The topological polar surface area (TPSA) is 87.7 Å². The number of hydrogen-bond donors (Lipinski definition) is 3. The summed E-state index contributed by atoms with van der Waals surface area (Å²) < 4.78 is 6.23. The van der Waals surface area contributed by atoms with Gasteiger partial charge in [0.15, 0.2) is 0 Å². The molecule has 2 aliphatic carbocycles. The van der Waals surface area contributed by atoms with Gasteiger partial charge >= 0.3 is 5.97 Å². The van der Waals surface area contributed by atoms with Crippen molar-refractivity contribution in [2.75, 3.05) is 0 Å². The van der Waals surface area contributed by atoms with Gasteiger partial charge in [-0.05, 0) is 55.2 Å². The summed E-state index contributed by atoms with van der Waals surface area (Å²) in [7, 11) is 0. The number of ether oxygens (including phenoxy) is 1. The lowest BCUT2D eigenvalue weighted by Crippen LogP contribution is -2.58.